The van der Waals surface area contributed by atoms with Gasteiger partial charge in [-0.05, 0) is 54.8 Å². The maximum Gasteiger partial charge on any atom is 0.316 e. The number of rotatable bonds is 6. The van der Waals surface area contributed by atoms with Gasteiger partial charge in [-0.2, -0.15) is 4.98 Å². The second-order valence-electron chi connectivity index (χ2n) is 6.45. The van der Waals surface area contributed by atoms with Crippen LogP contribution in [0.15, 0.2) is 47.4 Å². The van der Waals surface area contributed by atoms with Crippen LogP contribution in [0.5, 0.6) is 11.5 Å². The molecular formula is C21H22FN3O3. The molecule has 28 heavy (non-hydrogen) atoms. The lowest BCUT2D eigenvalue weighted by Crippen LogP contribution is -2.19. The second kappa shape index (κ2) is 8.12. The minimum absolute atomic E-state index is 0.135. The van der Waals surface area contributed by atoms with Gasteiger partial charge in [-0.3, -0.25) is 4.79 Å². The Hall–Kier alpha value is -3.35. The molecule has 0 spiro atoms. The standard InChI is InChI=1S/C21H22FN3O3/c1-13-10-18(27-3)14(2)9-17(13)23-21-24-20(26)19(28-4)12-25(21)11-15-5-7-16(22)8-6-15/h5-10,12H,11H2,1-4H3,(H,23,24,26). The van der Waals surface area contributed by atoms with Crippen LogP contribution < -0.4 is 20.3 Å². The van der Waals surface area contributed by atoms with Gasteiger partial charge < -0.3 is 19.4 Å². The molecule has 0 saturated carbocycles. The Labute approximate surface area is 162 Å². The lowest BCUT2D eigenvalue weighted by Gasteiger charge is -2.17. The van der Waals surface area contributed by atoms with Gasteiger partial charge in [-0.1, -0.05) is 12.1 Å². The largest absolute Gasteiger partial charge is 0.496 e. The molecule has 0 saturated heterocycles. The van der Waals surface area contributed by atoms with Gasteiger partial charge >= 0.3 is 5.56 Å². The molecule has 0 fully saturated rings. The molecule has 3 aromatic rings. The molecule has 146 valence electrons. The maximum atomic E-state index is 13.2. The first-order chi connectivity index (χ1) is 13.4. The third-order valence-corrected chi connectivity index (χ3v) is 4.44. The number of aromatic nitrogens is 2. The number of nitrogens with zero attached hydrogens (tertiary/aromatic N) is 2. The van der Waals surface area contributed by atoms with Crippen LogP contribution in [0.3, 0.4) is 0 Å². The zero-order valence-corrected chi connectivity index (χ0v) is 16.2. The summed E-state index contributed by atoms with van der Waals surface area (Å²) < 4.78 is 25.4. The molecule has 0 atom stereocenters. The summed E-state index contributed by atoms with van der Waals surface area (Å²) in [6.45, 7) is 4.27. The zero-order chi connectivity index (χ0) is 20.3. The van der Waals surface area contributed by atoms with E-state index >= 15 is 0 Å². The smallest absolute Gasteiger partial charge is 0.316 e. The molecule has 2 aromatic carbocycles. The Morgan fingerprint density at radius 3 is 2.36 bits per heavy atom. The number of anilines is 2. The fourth-order valence-electron chi connectivity index (χ4n) is 2.88. The Kier molecular flexibility index (Phi) is 5.63. The Morgan fingerprint density at radius 1 is 1.04 bits per heavy atom. The third kappa shape index (κ3) is 4.14. The van der Waals surface area contributed by atoms with Crippen molar-refractivity contribution in [3.63, 3.8) is 0 Å². The van der Waals surface area contributed by atoms with Gasteiger partial charge in [0.1, 0.15) is 11.6 Å². The van der Waals surface area contributed by atoms with E-state index in [4.69, 9.17) is 9.47 Å². The van der Waals surface area contributed by atoms with Crippen LogP contribution in [0.1, 0.15) is 16.7 Å². The Bertz CT molecular complexity index is 1050. The van der Waals surface area contributed by atoms with E-state index in [0.717, 1.165) is 28.1 Å². The van der Waals surface area contributed by atoms with Gasteiger partial charge in [-0.25, -0.2) is 4.39 Å². The predicted molar refractivity (Wildman–Crippen MR) is 106 cm³/mol. The molecular weight excluding hydrogens is 361 g/mol. The first-order valence-electron chi connectivity index (χ1n) is 8.73. The van der Waals surface area contributed by atoms with Crippen LogP contribution in [0, 0.1) is 19.7 Å². The number of aryl methyl sites for hydroxylation is 2. The van der Waals surface area contributed by atoms with Crippen molar-refractivity contribution in [2.24, 2.45) is 0 Å². The number of methoxy groups -OCH3 is 2. The van der Waals surface area contributed by atoms with E-state index in [1.807, 2.05) is 26.0 Å². The molecule has 3 rings (SSSR count). The first kappa shape index (κ1) is 19.4. The number of hydrogen-bond acceptors (Lipinski definition) is 5. The number of nitrogens with one attached hydrogen (secondary N) is 1. The van der Waals surface area contributed by atoms with E-state index in [1.54, 1.807) is 30.0 Å². The average Bonchev–Trinajstić information content (AvgIpc) is 2.68. The van der Waals surface area contributed by atoms with Gasteiger partial charge in [-0.15, -0.1) is 0 Å². The van der Waals surface area contributed by atoms with Gasteiger partial charge in [0, 0.05) is 5.69 Å². The summed E-state index contributed by atoms with van der Waals surface area (Å²) in [5, 5.41) is 3.22. The minimum Gasteiger partial charge on any atom is -0.496 e. The van der Waals surface area contributed by atoms with Crippen LogP contribution in [0.2, 0.25) is 0 Å². The Balaban J connectivity index is 2.02. The molecule has 1 aromatic heterocycles. The topological polar surface area (TPSA) is 65.4 Å². The molecule has 0 aliphatic rings. The molecule has 0 amide bonds. The molecule has 1 heterocycles. The summed E-state index contributed by atoms with van der Waals surface area (Å²) in [5.74, 6) is 0.981. The number of hydrogen-bond donors (Lipinski definition) is 1. The summed E-state index contributed by atoms with van der Waals surface area (Å²) in [6, 6.07) is 10.0. The van der Waals surface area contributed by atoms with Crippen molar-refractivity contribution in [3.8, 4) is 11.5 Å². The second-order valence-corrected chi connectivity index (χ2v) is 6.45. The van der Waals surface area contributed by atoms with Crippen LogP contribution in [-0.2, 0) is 6.54 Å². The van der Waals surface area contributed by atoms with Crippen LogP contribution in [0.25, 0.3) is 0 Å². The fourth-order valence-corrected chi connectivity index (χ4v) is 2.88. The summed E-state index contributed by atoms with van der Waals surface area (Å²) in [5.41, 5.74) is 3.10. The van der Waals surface area contributed by atoms with E-state index in [-0.39, 0.29) is 11.6 Å². The van der Waals surface area contributed by atoms with Gasteiger partial charge in [0.2, 0.25) is 11.7 Å². The van der Waals surface area contributed by atoms with Crippen LogP contribution >= 0.6 is 0 Å². The van der Waals surface area contributed by atoms with Crippen molar-refractivity contribution >= 4 is 11.6 Å². The highest BCUT2D eigenvalue weighted by atomic mass is 19.1. The molecule has 0 aliphatic carbocycles. The molecule has 1 N–H and O–H groups in total. The summed E-state index contributed by atoms with van der Waals surface area (Å²) in [7, 11) is 3.05. The Morgan fingerprint density at radius 2 is 1.71 bits per heavy atom. The third-order valence-electron chi connectivity index (χ3n) is 4.44. The first-order valence-corrected chi connectivity index (χ1v) is 8.73. The van der Waals surface area contributed by atoms with Crippen molar-refractivity contribution < 1.29 is 13.9 Å². The lowest BCUT2D eigenvalue weighted by atomic mass is 10.1. The van der Waals surface area contributed by atoms with Gasteiger partial charge in [0.15, 0.2) is 0 Å². The van der Waals surface area contributed by atoms with Crippen molar-refractivity contribution in [2.45, 2.75) is 20.4 Å². The molecule has 0 radical (unpaired) electrons. The van der Waals surface area contributed by atoms with Crippen molar-refractivity contribution in [2.75, 3.05) is 19.5 Å². The minimum atomic E-state index is -0.469. The highest BCUT2D eigenvalue weighted by Crippen LogP contribution is 2.28. The van der Waals surface area contributed by atoms with Gasteiger partial charge in [0.05, 0.1) is 27.0 Å². The van der Waals surface area contributed by atoms with E-state index < -0.39 is 5.56 Å². The van der Waals surface area contributed by atoms with E-state index in [9.17, 15) is 9.18 Å². The van der Waals surface area contributed by atoms with E-state index in [1.165, 1.54) is 19.2 Å². The number of benzene rings is 2. The lowest BCUT2D eigenvalue weighted by molar-refractivity contribution is 0.402. The number of halogens is 1. The predicted octanol–water partition coefficient (Wildman–Crippen LogP) is 3.81. The highest BCUT2D eigenvalue weighted by molar-refractivity contribution is 5.62. The molecule has 0 bridgehead atoms. The van der Waals surface area contributed by atoms with Crippen molar-refractivity contribution in [1.82, 2.24) is 9.55 Å². The average molecular weight is 383 g/mol. The van der Waals surface area contributed by atoms with Gasteiger partial charge in [0.25, 0.3) is 0 Å². The molecule has 6 nitrogen and oxygen atoms in total. The summed E-state index contributed by atoms with van der Waals surface area (Å²) >= 11 is 0. The maximum absolute atomic E-state index is 13.2. The van der Waals surface area contributed by atoms with E-state index in [0.29, 0.717) is 12.5 Å². The normalized spacial score (nSPS) is 10.6. The van der Waals surface area contributed by atoms with E-state index in [2.05, 4.69) is 10.3 Å². The quantitative estimate of drug-likeness (QED) is 0.701. The summed E-state index contributed by atoms with van der Waals surface area (Å²) in [6.07, 6.45) is 1.59. The zero-order valence-electron chi connectivity index (χ0n) is 16.2. The molecule has 7 heteroatoms. The SMILES string of the molecule is COc1cc(C)c(Nc2nc(=O)c(OC)cn2Cc2ccc(F)cc2)cc1C. The fraction of sp³-hybridized carbons (Fsp3) is 0.238. The highest BCUT2D eigenvalue weighted by Gasteiger charge is 2.12. The molecule has 0 unspecified atom stereocenters. The monoisotopic (exact) mass is 383 g/mol. The van der Waals surface area contributed by atoms with Crippen LogP contribution in [0.4, 0.5) is 16.0 Å². The number of ether oxygens (including phenoxy) is 2. The van der Waals surface area contributed by atoms with Crippen molar-refractivity contribution in [3.05, 3.63) is 75.5 Å². The summed E-state index contributed by atoms with van der Waals surface area (Å²) in [4.78, 5) is 16.3. The van der Waals surface area contributed by atoms with Crippen molar-refractivity contribution in [1.29, 1.82) is 0 Å². The molecule has 0 aliphatic heterocycles. The van der Waals surface area contributed by atoms with Crippen LogP contribution in [-0.4, -0.2) is 23.8 Å².